The van der Waals surface area contributed by atoms with Gasteiger partial charge in [0.05, 0.1) is 8.66 Å². The first kappa shape index (κ1) is 14.0. The van der Waals surface area contributed by atoms with Crippen molar-refractivity contribution in [1.82, 2.24) is 10.2 Å². The molecule has 1 saturated carbocycles. The van der Waals surface area contributed by atoms with Crippen molar-refractivity contribution in [2.24, 2.45) is 0 Å². The van der Waals surface area contributed by atoms with Gasteiger partial charge in [-0.1, -0.05) is 0 Å². The SMILES string of the molecule is CNC1CCC(N(C)C(=O)c2ccc(Br)s2)CC1. The lowest BCUT2D eigenvalue weighted by Crippen LogP contribution is -2.42. The van der Waals surface area contributed by atoms with Crippen LogP contribution in [0.15, 0.2) is 15.9 Å². The van der Waals surface area contributed by atoms with Crippen molar-refractivity contribution >= 4 is 33.2 Å². The van der Waals surface area contributed by atoms with Gasteiger partial charge in [0, 0.05) is 19.1 Å². The van der Waals surface area contributed by atoms with E-state index < -0.39 is 0 Å². The normalized spacial score (nSPS) is 23.9. The van der Waals surface area contributed by atoms with Crippen molar-refractivity contribution in [2.45, 2.75) is 37.8 Å². The van der Waals surface area contributed by atoms with Crippen LogP contribution in [0.1, 0.15) is 35.4 Å². The fraction of sp³-hybridized carbons (Fsp3) is 0.615. The van der Waals surface area contributed by atoms with Crippen molar-refractivity contribution in [2.75, 3.05) is 14.1 Å². The summed E-state index contributed by atoms with van der Waals surface area (Å²) >= 11 is 4.91. The maximum absolute atomic E-state index is 12.3. The van der Waals surface area contributed by atoms with Gasteiger partial charge in [-0.25, -0.2) is 0 Å². The van der Waals surface area contributed by atoms with E-state index in [1.54, 1.807) is 0 Å². The predicted molar refractivity (Wildman–Crippen MR) is 79.2 cm³/mol. The topological polar surface area (TPSA) is 32.3 Å². The highest BCUT2D eigenvalue weighted by Crippen LogP contribution is 2.27. The number of carbonyl (C=O) groups is 1. The number of amides is 1. The minimum absolute atomic E-state index is 0.151. The first-order chi connectivity index (χ1) is 8.61. The average Bonchev–Trinajstić information content (AvgIpc) is 2.84. The minimum Gasteiger partial charge on any atom is -0.338 e. The van der Waals surface area contributed by atoms with Gasteiger partial charge >= 0.3 is 0 Å². The highest BCUT2D eigenvalue weighted by Gasteiger charge is 2.26. The third-order valence-electron chi connectivity index (χ3n) is 3.76. The molecule has 1 aromatic heterocycles. The third-order valence-corrected chi connectivity index (χ3v) is 5.37. The smallest absolute Gasteiger partial charge is 0.263 e. The van der Waals surface area contributed by atoms with E-state index in [4.69, 9.17) is 0 Å². The van der Waals surface area contributed by atoms with Crippen LogP contribution in [0.2, 0.25) is 0 Å². The van der Waals surface area contributed by atoms with Crippen LogP contribution in [0.3, 0.4) is 0 Å². The monoisotopic (exact) mass is 330 g/mol. The number of carbonyl (C=O) groups excluding carboxylic acids is 1. The Labute approximate surface area is 121 Å². The summed E-state index contributed by atoms with van der Waals surface area (Å²) in [4.78, 5) is 15.0. The summed E-state index contributed by atoms with van der Waals surface area (Å²) < 4.78 is 1.01. The van der Waals surface area contributed by atoms with Crippen LogP contribution in [0.5, 0.6) is 0 Å². The van der Waals surface area contributed by atoms with Gasteiger partial charge < -0.3 is 10.2 Å². The van der Waals surface area contributed by atoms with Crippen LogP contribution in [0, 0.1) is 0 Å². The van der Waals surface area contributed by atoms with E-state index in [1.165, 1.54) is 11.3 Å². The number of hydrogen-bond acceptors (Lipinski definition) is 3. The highest BCUT2D eigenvalue weighted by atomic mass is 79.9. The Bertz CT molecular complexity index is 413. The van der Waals surface area contributed by atoms with E-state index in [2.05, 4.69) is 21.2 Å². The molecule has 1 aliphatic carbocycles. The molecule has 0 radical (unpaired) electrons. The molecule has 1 N–H and O–H groups in total. The first-order valence-corrected chi connectivity index (χ1v) is 7.92. The quantitative estimate of drug-likeness (QED) is 0.923. The van der Waals surface area contributed by atoms with Gasteiger partial charge in [0.1, 0.15) is 0 Å². The summed E-state index contributed by atoms with van der Waals surface area (Å²) in [5.41, 5.74) is 0. The van der Waals surface area contributed by atoms with Crippen LogP contribution < -0.4 is 5.32 Å². The molecular weight excluding hydrogens is 312 g/mol. The lowest BCUT2D eigenvalue weighted by Gasteiger charge is -2.34. The Morgan fingerprint density at radius 3 is 2.56 bits per heavy atom. The lowest BCUT2D eigenvalue weighted by atomic mass is 9.90. The minimum atomic E-state index is 0.151. The molecule has 1 amide bonds. The largest absolute Gasteiger partial charge is 0.338 e. The van der Waals surface area contributed by atoms with Gasteiger partial charge in [0.25, 0.3) is 5.91 Å². The number of rotatable bonds is 3. The number of thiophene rings is 1. The van der Waals surface area contributed by atoms with Crippen LogP contribution >= 0.6 is 27.3 Å². The van der Waals surface area contributed by atoms with Gasteiger partial charge in [-0.3, -0.25) is 4.79 Å². The molecule has 100 valence electrons. The maximum atomic E-state index is 12.3. The molecule has 0 atom stereocenters. The molecule has 1 heterocycles. The molecule has 2 rings (SSSR count). The fourth-order valence-electron chi connectivity index (χ4n) is 2.52. The van der Waals surface area contributed by atoms with E-state index in [9.17, 15) is 4.79 Å². The zero-order chi connectivity index (χ0) is 13.1. The molecule has 18 heavy (non-hydrogen) atoms. The zero-order valence-corrected chi connectivity index (χ0v) is 13.2. The number of nitrogens with one attached hydrogen (secondary N) is 1. The third kappa shape index (κ3) is 3.13. The Hall–Kier alpha value is -0.390. The molecule has 0 aliphatic heterocycles. The Kier molecular flexibility index (Phi) is 4.81. The molecule has 1 aliphatic rings. The second-order valence-corrected chi connectivity index (χ2v) is 7.28. The maximum Gasteiger partial charge on any atom is 0.263 e. The van der Waals surface area contributed by atoms with Gasteiger partial charge in [0.2, 0.25) is 0 Å². The molecule has 0 aromatic carbocycles. The lowest BCUT2D eigenvalue weighted by molar-refractivity contribution is 0.0690. The molecule has 0 saturated heterocycles. The molecule has 0 unspecified atom stereocenters. The van der Waals surface area contributed by atoms with E-state index in [0.29, 0.717) is 12.1 Å². The highest BCUT2D eigenvalue weighted by molar-refractivity contribution is 9.11. The van der Waals surface area contributed by atoms with Gasteiger partial charge in [-0.2, -0.15) is 0 Å². The zero-order valence-electron chi connectivity index (χ0n) is 10.8. The van der Waals surface area contributed by atoms with E-state index in [0.717, 1.165) is 34.3 Å². The van der Waals surface area contributed by atoms with Crippen molar-refractivity contribution in [1.29, 1.82) is 0 Å². The van der Waals surface area contributed by atoms with Gasteiger partial charge in [0.15, 0.2) is 0 Å². The summed E-state index contributed by atoms with van der Waals surface area (Å²) in [5.74, 6) is 0.151. The van der Waals surface area contributed by atoms with E-state index in [-0.39, 0.29) is 5.91 Å². The predicted octanol–water partition coefficient (Wildman–Crippen LogP) is 3.11. The van der Waals surface area contributed by atoms with E-state index >= 15 is 0 Å². The summed E-state index contributed by atoms with van der Waals surface area (Å²) in [5, 5.41) is 3.32. The Balaban J connectivity index is 1.95. The standard InChI is InChI=1S/C13H19BrN2OS/c1-15-9-3-5-10(6-4-9)16(2)13(17)11-7-8-12(14)18-11/h7-10,15H,3-6H2,1-2H3. The molecule has 1 fully saturated rings. The van der Waals surface area contributed by atoms with Gasteiger partial charge in [-0.15, -0.1) is 11.3 Å². The second-order valence-electron chi connectivity index (χ2n) is 4.81. The second kappa shape index (κ2) is 6.17. The molecule has 1 aromatic rings. The van der Waals surface area contributed by atoms with Crippen molar-refractivity contribution in [3.8, 4) is 0 Å². The summed E-state index contributed by atoms with van der Waals surface area (Å²) in [6.45, 7) is 0. The molecule has 0 spiro atoms. The molecule has 0 bridgehead atoms. The Morgan fingerprint density at radius 2 is 2.06 bits per heavy atom. The number of hydrogen-bond donors (Lipinski definition) is 1. The van der Waals surface area contributed by atoms with Gasteiger partial charge in [-0.05, 0) is 60.8 Å². The first-order valence-electron chi connectivity index (χ1n) is 6.31. The Morgan fingerprint density at radius 1 is 1.39 bits per heavy atom. The number of halogens is 1. The van der Waals surface area contributed by atoms with Crippen LogP contribution in [0.4, 0.5) is 0 Å². The molecule has 5 heteroatoms. The molecule has 3 nitrogen and oxygen atoms in total. The summed E-state index contributed by atoms with van der Waals surface area (Å²) in [6, 6.07) is 4.85. The van der Waals surface area contributed by atoms with Crippen LogP contribution in [-0.2, 0) is 0 Å². The van der Waals surface area contributed by atoms with Crippen molar-refractivity contribution in [3.63, 3.8) is 0 Å². The van der Waals surface area contributed by atoms with E-state index in [1.807, 2.05) is 31.1 Å². The van der Waals surface area contributed by atoms with Crippen LogP contribution in [-0.4, -0.2) is 37.0 Å². The average molecular weight is 331 g/mol. The van der Waals surface area contributed by atoms with Crippen molar-refractivity contribution < 1.29 is 4.79 Å². The fourth-order valence-corrected chi connectivity index (χ4v) is 3.89. The number of nitrogens with zero attached hydrogens (tertiary/aromatic N) is 1. The van der Waals surface area contributed by atoms with Crippen molar-refractivity contribution in [3.05, 3.63) is 20.8 Å². The summed E-state index contributed by atoms with van der Waals surface area (Å²) in [6.07, 6.45) is 4.51. The van der Waals surface area contributed by atoms with Crippen LogP contribution in [0.25, 0.3) is 0 Å². The molecular formula is C13H19BrN2OS. The summed E-state index contributed by atoms with van der Waals surface area (Å²) in [7, 11) is 3.95.